The molecule has 0 aliphatic carbocycles. The standard InChI is InChI=1S/C17H24N2OS/c1-13(10-12-21-4)19(3)17(20)16-9-5-7-15(14(16)2)8-6-11-18/h5,7,9,13H,10-12,18H2,1-4H3. The average molecular weight is 304 g/mol. The predicted octanol–water partition coefficient (Wildman–Crippen LogP) is 2.52. The molecule has 0 saturated carbocycles. The quantitative estimate of drug-likeness (QED) is 0.850. The molecular formula is C17H24N2OS. The Hall–Kier alpha value is -1.44. The van der Waals surface area contributed by atoms with E-state index in [2.05, 4.69) is 25.0 Å². The lowest BCUT2D eigenvalue weighted by atomic mass is 10.0. The minimum absolute atomic E-state index is 0.0532. The molecule has 1 unspecified atom stereocenters. The molecule has 1 aromatic carbocycles. The molecule has 0 radical (unpaired) electrons. The third-order valence-corrected chi connectivity index (χ3v) is 4.25. The molecule has 0 aromatic heterocycles. The van der Waals surface area contributed by atoms with Crippen molar-refractivity contribution in [2.24, 2.45) is 5.73 Å². The molecule has 1 amide bonds. The van der Waals surface area contributed by atoms with E-state index < -0.39 is 0 Å². The van der Waals surface area contributed by atoms with Crippen LogP contribution in [0, 0.1) is 18.8 Å². The van der Waals surface area contributed by atoms with Crippen molar-refractivity contribution >= 4 is 17.7 Å². The van der Waals surface area contributed by atoms with Crippen LogP contribution in [0.1, 0.15) is 34.8 Å². The summed E-state index contributed by atoms with van der Waals surface area (Å²) in [6.45, 7) is 4.35. The fourth-order valence-corrected chi connectivity index (χ4v) is 2.60. The summed E-state index contributed by atoms with van der Waals surface area (Å²) in [6, 6.07) is 5.89. The van der Waals surface area contributed by atoms with Crippen LogP contribution in [0.5, 0.6) is 0 Å². The first-order valence-electron chi connectivity index (χ1n) is 7.07. The molecule has 2 N–H and O–H groups in total. The van der Waals surface area contributed by atoms with E-state index in [-0.39, 0.29) is 11.9 Å². The van der Waals surface area contributed by atoms with Crippen molar-refractivity contribution in [2.75, 3.05) is 25.6 Å². The number of thioether (sulfide) groups is 1. The molecule has 0 spiro atoms. The summed E-state index contributed by atoms with van der Waals surface area (Å²) >= 11 is 1.80. The number of amides is 1. The van der Waals surface area contributed by atoms with Gasteiger partial charge in [0.25, 0.3) is 5.91 Å². The highest BCUT2D eigenvalue weighted by molar-refractivity contribution is 7.98. The van der Waals surface area contributed by atoms with Crippen LogP contribution >= 0.6 is 11.8 Å². The molecule has 1 rings (SSSR count). The van der Waals surface area contributed by atoms with Gasteiger partial charge in [-0.2, -0.15) is 11.8 Å². The molecule has 0 aliphatic heterocycles. The van der Waals surface area contributed by atoms with E-state index in [9.17, 15) is 4.79 Å². The molecule has 0 bridgehead atoms. The van der Waals surface area contributed by atoms with Gasteiger partial charge in [0.1, 0.15) is 0 Å². The Balaban J connectivity index is 2.97. The first kappa shape index (κ1) is 17.6. The zero-order valence-corrected chi connectivity index (χ0v) is 14.1. The van der Waals surface area contributed by atoms with Crippen LogP contribution in [0.2, 0.25) is 0 Å². The van der Waals surface area contributed by atoms with Gasteiger partial charge < -0.3 is 10.6 Å². The van der Waals surface area contributed by atoms with E-state index in [4.69, 9.17) is 5.73 Å². The zero-order valence-electron chi connectivity index (χ0n) is 13.3. The van der Waals surface area contributed by atoms with Gasteiger partial charge in [0, 0.05) is 24.2 Å². The van der Waals surface area contributed by atoms with E-state index in [1.807, 2.05) is 37.1 Å². The summed E-state index contributed by atoms with van der Waals surface area (Å²) in [7, 11) is 1.87. The van der Waals surface area contributed by atoms with Crippen LogP contribution < -0.4 is 5.73 Å². The number of rotatable bonds is 5. The van der Waals surface area contributed by atoms with Crippen LogP contribution in [0.15, 0.2) is 18.2 Å². The Morgan fingerprint density at radius 2 is 2.19 bits per heavy atom. The maximum Gasteiger partial charge on any atom is 0.254 e. The van der Waals surface area contributed by atoms with E-state index in [0.717, 1.165) is 28.9 Å². The van der Waals surface area contributed by atoms with Crippen molar-refractivity contribution in [1.82, 2.24) is 4.90 Å². The first-order valence-corrected chi connectivity index (χ1v) is 8.47. The molecule has 4 heteroatoms. The Morgan fingerprint density at radius 1 is 1.48 bits per heavy atom. The Morgan fingerprint density at radius 3 is 2.81 bits per heavy atom. The largest absolute Gasteiger partial charge is 0.339 e. The van der Waals surface area contributed by atoms with Crippen molar-refractivity contribution in [2.45, 2.75) is 26.3 Å². The summed E-state index contributed by atoms with van der Waals surface area (Å²) in [4.78, 5) is 14.5. The van der Waals surface area contributed by atoms with E-state index in [1.165, 1.54) is 0 Å². The SMILES string of the molecule is CSCCC(C)N(C)C(=O)c1cccc(C#CCN)c1C. The fraction of sp³-hybridized carbons (Fsp3) is 0.471. The van der Waals surface area contributed by atoms with Gasteiger partial charge in [0.05, 0.1) is 6.54 Å². The molecule has 1 aromatic rings. The van der Waals surface area contributed by atoms with Gasteiger partial charge >= 0.3 is 0 Å². The monoisotopic (exact) mass is 304 g/mol. The summed E-state index contributed by atoms with van der Waals surface area (Å²) < 4.78 is 0. The van der Waals surface area contributed by atoms with Gasteiger partial charge in [-0.05, 0) is 50.0 Å². The molecule has 1 atom stereocenters. The van der Waals surface area contributed by atoms with Crippen molar-refractivity contribution in [3.05, 3.63) is 34.9 Å². The van der Waals surface area contributed by atoms with Crippen LogP contribution in [-0.2, 0) is 0 Å². The summed E-state index contributed by atoms with van der Waals surface area (Å²) in [5.74, 6) is 6.97. The van der Waals surface area contributed by atoms with Gasteiger partial charge in [-0.1, -0.05) is 17.9 Å². The lowest BCUT2D eigenvalue weighted by molar-refractivity contribution is 0.0740. The van der Waals surface area contributed by atoms with Gasteiger partial charge in [-0.15, -0.1) is 0 Å². The molecule has 21 heavy (non-hydrogen) atoms. The van der Waals surface area contributed by atoms with Crippen molar-refractivity contribution in [3.63, 3.8) is 0 Å². The zero-order chi connectivity index (χ0) is 15.8. The average Bonchev–Trinajstić information content (AvgIpc) is 2.50. The highest BCUT2D eigenvalue weighted by Crippen LogP contribution is 2.17. The number of carbonyl (C=O) groups excluding carboxylic acids is 1. The highest BCUT2D eigenvalue weighted by atomic mass is 32.2. The minimum atomic E-state index is 0.0532. The number of carbonyl (C=O) groups is 1. The molecular weight excluding hydrogens is 280 g/mol. The number of hydrogen-bond donors (Lipinski definition) is 1. The summed E-state index contributed by atoms with van der Waals surface area (Å²) in [6.07, 6.45) is 3.08. The van der Waals surface area contributed by atoms with Crippen molar-refractivity contribution in [3.8, 4) is 11.8 Å². The molecule has 0 saturated heterocycles. The Kier molecular flexibility index (Phi) is 7.35. The minimum Gasteiger partial charge on any atom is -0.339 e. The first-order chi connectivity index (χ1) is 10.0. The van der Waals surface area contributed by atoms with Crippen LogP contribution in [0.3, 0.4) is 0 Å². The van der Waals surface area contributed by atoms with Gasteiger partial charge in [0.2, 0.25) is 0 Å². The third-order valence-electron chi connectivity index (χ3n) is 3.61. The highest BCUT2D eigenvalue weighted by Gasteiger charge is 2.19. The second-order valence-electron chi connectivity index (χ2n) is 5.03. The van der Waals surface area contributed by atoms with E-state index in [1.54, 1.807) is 11.8 Å². The molecule has 0 aliphatic rings. The predicted molar refractivity (Wildman–Crippen MR) is 91.7 cm³/mol. The van der Waals surface area contributed by atoms with E-state index >= 15 is 0 Å². The van der Waals surface area contributed by atoms with Gasteiger partial charge in [0.15, 0.2) is 0 Å². The molecule has 0 fully saturated rings. The summed E-state index contributed by atoms with van der Waals surface area (Å²) in [5.41, 5.74) is 7.92. The number of hydrogen-bond acceptors (Lipinski definition) is 3. The molecule has 0 heterocycles. The number of nitrogens with zero attached hydrogens (tertiary/aromatic N) is 1. The Labute approximate surface area is 132 Å². The third kappa shape index (κ3) is 4.80. The maximum atomic E-state index is 12.6. The van der Waals surface area contributed by atoms with Gasteiger partial charge in [-0.25, -0.2) is 0 Å². The normalized spacial score (nSPS) is 11.5. The van der Waals surface area contributed by atoms with Gasteiger partial charge in [-0.3, -0.25) is 4.79 Å². The molecule has 114 valence electrons. The Bertz CT molecular complexity index is 545. The summed E-state index contributed by atoms with van der Waals surface area (Å²) in [5, 5.41) is 0. The van der Waals surface area contributed by atoms with Crippen LogP contribution in [0.25, 0.3) is 0 Å². The van der Waals surface area contributed by atoms with E-state index in [0.29, 0.717) is 6.54 Å². The van der Waals surface area contributed by atoms with Crippen molar-refractivity contribution in [1.29, 1.82) is 0 Å². The second kappa shape index (κ2) is 8.76. The second-order valence-corrected chi connectivity index (χ2v) is 6.02. The maximum absolute atomic E-state index is 12.6. The lowest BCUT2D eigenvalue weighted by Crippen LogP contribution is -2.35. The fourth-order valence-electron chi connectivity index (χ4n) is 2.02. The number of nitrogens with two attached hydrogens (primary N) is 1. The topological polar surface area (TPSA) is 46.3 Å². The number of benzene rings is 1. The smallest absolute Gasteiger partial charge is 0.254 e. The van der Waals surface area contributed by atoms with Crippen molar-refractivity contribution < 1.29 is 4.79 Å². The van der Waals surface area contributed by atoms with Crippen LogP contribution in [-0.4, -0.2) is 42.4 Å². The lowest BCUT2D eigenvalue weighted by Gasteiger charge is -2.25. The van der Waals surface area contributed by atoms with Crippen LogP contribution in [0.4, 0.5) is 0 Å². The molecule has 3 nitrogen and oxygen atoms in total.